The normalized spacial score (nSPS) is 10.7. The van der Waals surface area contributed by atoms with Crippen LogP contribution in [0.3, 0.4) is 0 Å². The van der Waals surface area contributed by atoms with Gasteiger partial charge in [-0.25, -0.2) is 0 Å². The second-order valence-electron chi connectivity index (χ2n) is 2.15. The van der Waals surface area contributed by atoms with Gasteiger partial charge in [0.15, 0.2) is 0 Å². The highest BCUT2D eigenvalue weighted by atomic mass is 16.5. The van der Waals surface area contributed by atoms with E-state index in [1.807, 2.05) is 0 Å². The first-order valence-corrected chi connectivity index (χ1v) is 3.57. The first-order valence-electron chi connectivity index (χ1n) is 3.57. The zero-order valence-electron chi connectivity index (χ0n) is 6.61. The van der Waals surface area contributed by atoms with E-state index in [2.05, 4.69) is 19.2 Å². The summed E-state index contributed by atoms with van der Waals surface area (Å²) in [5.74, 6) is 0. The molecule has 0 heterocycles. The van der Waals surface area contributed by atoms with Gasteiger partial charge in [-0.1, -0.05) is 13.8 Å². The highest BCUT2D eigenvalue weighted by molar-refractivity contribution is 4.58. The minimum Gasteiger partial charge on any atom is -0.370 e. The van der Waals surface area contributed by atoms with Gasteiger partial charge < -0.3 is 4.74 Å². The fourth-order valence-corrected chi connectivity index (χ4v) is 0.779. The van der Waals surface area contributed by atoms with Gasteiger partial charge in [0.2, 0.25) is 0 Å². The Balaban J connectivity index is 3.09. The molecule has 56 valence electrons. The Kier molecular flexibility index (Phi) is 5.99. The first kappa shape index (κ1) is 8.92. The van der Waals surface area contributed by atoms with Crippen LogP contribution in [0.5, 0.6) is 0 Å². The maximum absolute atomic E-state index is 4.86. The molecule has 2 heteroatoms. The summed E-state index contributed by atoms with van der Waals surface area (Å²) >= 11 is 0. The van der Waals surface area contributed by atoms with E-state index in [-0.39, 0.29) is 0 Å². The van der Waals surface area contributed by atoms with Crippen molar-refractivity contribution in [2.24, 2.45) is 0 Å². The summed E-state index contributed by atoms with van der Waals surface area (Å²) < 4.78 is 4.86. The molecule has 0 aromatic carbocycles. The fraction of sp³-hybridized carbons (Fsp3) is 1.00. The van der Waals surface area contributed by atoms with Gasteiger partial charge in [-0.2, -0.15) is 0 Å². The average molecular weight is 131 g/mol. The Hall–Kier alpha value is -0.0800. The molecular formula is C7H17NO. The number of methoxy groups -OCH3 is 1. The molecule has 0 rings (SSSR count). The van der Waals surface area contributed by atoms with Crippen molar-refractivity contribution in [1.29, 1.82) is 0 Å². The molecule has 0 fully saturated rings. The predicted molar refractivity (Wildman–Crippen MR) is 39.4 cm³/mol. The van der Waals surface area contributed by atoms with Crippen LogP contribution in [0.4, 0.5) is 0 Å². The predicted octanol–water partition coefficient (Wildman–Crippen LogP) is 1.37. The van der Waals surface area contributed by atoms with Gasteiger partial charge in [-0.3, -0.25) is 5.32 Å². The van der Waals surface area contributed by atoms with Crippen molar-refractivity contribution in [3.8, 4) is 0 Å². The zero-order chi connectivity index (χ0) is 7.11. The van der Waals surface area contributed by atoms with Crippen molar-refractivity contribution in [3.05, 3.63) is 0 Å². The van der Waals surface area contributed by atoms with Crippen LogP contribution < -0.4 is 5.32 Å². The Morgan fingerprint density at radius 3 is 2.22 bits per heavy atom. The highest BCUT2D eigenvalue weighted by Gasteiger charge is 1.98. The van der Waals surface area contributed by atoms with E-state index in [0.29, 0.717) is 12.8 Å². The number of rotatable bonds is 5. The molecule has 0 unspecified atom stereocenters. The van der Waals surface area contributed by atoms with Crippen LogP contribution in [0.15, 0.2) is 0 Å². The van der Waals surface area contributed by atoms with Crippen molar-refractivity contribution in [2.75, 3.05) is 13.8 Å². The van der Waals surface area contributed by atoms with Crippen LogP contribution in [0.2, 0.25) is 0 Å². The lowest BCUT2D eigenvalue weighted by Gasteiger charge is -2.12. The van der Waals surface area contributed by atoms with Gasteiger partial charge in [0.1, 0.15) is 0 Å². The van der Waals surface area contributed by atoms with Crippen molar-refractivity contribution in [1.82, 2.24) is 5.32 Å². The fourth-order valence-electron chi connectivity index (χ4n) is 0.779. The minimum absolute atomic E-state index is 0.630. The maximum Gasteiger partial charge on any atom is 0.0963 e. The molecule has 0 saturated carbocycles. The van der Waals surface area contributed by atoms with E-state index in [4.69, 9.17) is 4.74 Å². The van der Waals surface area contributed by atoms with Crippen LogP contribution in [-0.4, -0.2) is 19.9 Å². The maximum atomic E-state index is 4.86. The highest BCUT2D eigenvalue weighted by Crippen LogP contribution is 1.94. The lowest BCUT2D eigenvalue weighted by atomic mass is 10.2. The quantitative estimate of drug-likeness (QED) is 0.569. The topological polar surface area (TPSA) is 21.3 Å². The van der Waals surface area contributed by atoms with Crippen LogP contribution >= 0.6 is 0 Å². The van der Waals surface area contributed by atoms with Gasteiger partial charge >= 0.3 is 0 Å². The van der Waals surface area contributed by atoms with E-state index in [1.165, 1.54) is 12.8 Å². The van der Waals surface area contributed by atoms with Crippen molar-refractivity contribution in [2.45, 2.75) is 32.7 Å². The monoisotopic (exact) mass is 131 g/mol. The molecule has 0 saturated heterocycles. The van der Waals surface area contributed by atoms with Gasteiger partial charge in [-0.15, -0.1) is 0 Å². The summed E-state index contributed by atoms with van der Waals surface area (Å²) in [6.45, 7) is 5.03. The zero-order valence-corrected chi connectivity index (χ0v) is 6.61. The summed E-state index contributed by atoms with van der Waals surface area (Å²) in [6, 6.07) is 0.630. The summed E-state index contributed by atoms with van der Waals surface area (Å²) in [6.07, 6.45) is 2.36. The average Bonchev–Trinajstić information content (AvgIpc) is 1.91. The minimum atomic E-state index is 0.630. The van der Waals surface area contributed by atoms with Gasteiger partial charge in [-0.05, 0) is 12.8 Å². The molecule has 0 aromatic heterocycles. The summed E-state index contributed by atoms with van der Waals surface area (Å²) in [5.41, 5.74) is 0. The smallest absolute Gasteiger partial charge is 0.0963 e. The third kappa shape index (κ3) is 4.43. The van der Waals surface area contributed by atoms with Gasteiger partial charge in [0.25, 0.3) is 0 Å². The number of hydrogen-bond acceptors (Lipinski definition) is 2. The summed E-state index contributed by atoms with van der Waals surface area (Å²) in [5, 5.41) is 3.25. The third-order valence-corrected chi connectivity index (χ3v) is 1.50. The van der Waals surface area contributed by atoms with Gasteiger partial charge in [0, 0.05) is 13.2 Å². The lowest BCUT2D eigenvalue weighted by Crippen LogP contribution is -2.29. The molecule has 1 N–H and O–H groups in total. The van der Waals surface area contributed by atoms with E-state index < -0.39 is 0 Å². The number of nitrogens with one attached hydrogen (secondary N) is 1. The second-order valence-corrected chi connectivity index (χ2v) is 2.15. The van der Waals surface area contributed by atoms with Crippen LogP contribution in [0.1, 0.15) is 26.7 Å². The second kappa shape index (κ2) is 6.05. The Morgan fingerprint density at radius 2 is 1.89 bits per heavy atom. The van der Waals surface area contributed by atoms with E-state index in [9.17, 15) is 0 Å². The summed E-state index contributed by atoms with van der Waals surface area (Å²) in [4.78, 5) is 0. The Bertz CT molecular complexity index is 52.9. The lowest BCUT2D eigenvalue weighted by molar-refractivity contribution is 0.161. The number of hydrogen-bond donors (Lipinski definition) is 1. The molecule has 0 aliphatic rings. The van der Waals surface area contributed by atoms with Crippen LogP contribution in [-0.2, 0) is 4.74 Å². The van der Waals surface area contributed by atoms with Crippen LogP contribution in [0.25, 0.3) is 0 Å². The van der Waals surface area contributed by atoms with Crippen molar-refractivity contribution in [3.63, 3.8) is 0 Å². The molecule has 0 atom stereocenters. The molecule has 0 radical (unpaired) electrons. The van der Waals surface area contributed by atoms with E-state index >= 15 is 0 Å². The standard InChI is InChI=1S/C7H17NO/c1-4-7(5-2)8-6-9-3/h7-8H,4-6H2,1-3H3. The molecule has 0 amide bonds. The number of ether oxygens (including phenoxy) is 1. The molecular weight excluding hydrogens is 114 g/mol. The van der Waals surface area contributed by atoms with Crippen LogP contribution in [0, 0.1) is 0 Å². The molecule has 0 aliphatic heterocycles. The SMILES string of the molecule is CCC(CC)NCOC. The third-order valence-electron chi connectivity index (χ3n) is 1.50. The molecule has 2 nitrogen and oxygen atoms in total. The molecule has 0 spiro atoms. The first-order chi connectivity index (χ1) is 4.35. The van der Waals surface area contributed by atoms with E-state index in [1.54, 1.807) is 7.11 Å². The largest absolute Gasteiger partial charge is 0.370 e. The molecule has 9 heavy (non-hydrogen) atoms. The van der Waals surface area contributed by atoms with E-state index in [0.717, 1.165) is 0 Å². The molecule has 0 bridgehead atoms. The summed E-state index contributed by atoms with van der Waals surface area (Å²) in [7, 11) is 1.70. The Labute approximate surface area is 57.6 Å². The van der Waals surface area contributed by atoms with Gasteiger partial charge in [0.05, 0.1) is 6.73 Å². The van der Waals surface area contributed by atoms with Crippen molar-refractivity contribution >= 4 is 0 Å². The molecule has 0 aliphatic carbocycles. The molecule has 0 aromatic rings. The Morgan fingerprint density at radius 1 is 1.33 bits per heavy atom. The van der Waals surface area contributed by atoms with Crippen molar-refractivity contribution < 1.29 is 4.74 Å².